The second-order valence-electron chi connectivity index (χ2n) is 18.3. The Morgan fingerprint density at radius 2 is 1.71 bits per heavy atom. The van der Waals surface area contributed by atoms with Crippen molar-refractivity contribution < 1.29 is 38.9 Å². The molecule has 0 bridgehead atoms. The standard InChI is InChI=1S/C39H57NO9/c1-9-46-32(35(5,6)43)25-20-22(2)29-30(48-25)31(41)37(8)27-15-14-26-34(3,4)28(16-17-38(26)21-39(27,38)19-18-36(29,37)7)49-33(42)47-24-12-10-23(11-13-24)40(44)45/h10-13,22,25-32,41,43H,9,14-21H2,1-8H3/t22-,25-,26+,27+,28+,29+,30+,31+,32+,36-,37-,38-,39+/m1/s1. The minimum atomic E-state index is -1.06. The molecule has 6 aliphatic rings. The van der Waals surface area contributed by atoms with Crippen molar-refractivity contribution in [1.82, 2.24) is 0 Å². The predicted octanol–water partition coefficient (Wildman–Crippen LogP) is 7.47. The van der Waals surface area contributed by atoms with E-state index in [1.807, 2.05) is 6.92 Å². The number of fused-ring (bicyclic) bond motifs is 4. The number of aliphatic hydroxyl groups excluding tert-OH is 1. The summed E-state index contributed by atoms with van der Waals surface area (Å²) in [5.41, 5.74) is -1.44. The molecule has 1 heterocycles. The van der Waals surface area contributed by atoms with E-state index in [0.717, 1.165) is 51.4 Å². The van der Waals surface area contributed by atoms with Gasteiger partial charge in [-0.2, -0.15) is 0 Å². The molecule has 1 saturated heterocycles. The summed E-state index contributed by atoms with van der Waals surface area (Å²) in [6.07, 6.45) is 5.27. The number of hydrogen-bond acceptors (Lipinski definition) is 9. The molecule has 0 unspecified atom stereocenters. The van der Waals surface area contributed by atoms with E-state index in [1.54, 1.807) is 13.8 Å². The van der Waals surface area contributed by atoms with Gasteiger partial charge in [-0.15, -0.1) is 0 Å². The van der Waals surface area contributed by atoms with Crippen LogP contribution in [0.15, 0.2) is 24.3 Å². The summed E-state index contributed by atoms with van der Waals surface area (Å²) in [4.78, 5) is 23.5. The van der Waals surface area contributed by atoms with Crippen LogP contribution in [-0.2, 0) is 14.2 Å². The third kappa shape index (κ3) is 4.82. The summed E-state index contributed by atoms with van der Waals surface area (Å²) in [5.74, 6) is 1.54. The first-order valence-corrected chi connectivity index (χ1v) is 18.7. The maximum atomic E-state index is 13.0. The number of hydrogen-bond donors (Lipinski definition) is 2. The van der Waals surface area contributed by atoms with Crippen molar-refractivity contribution in [3.05, 3.63) is 34.4 Å². The van der Waals surface area contributed by atoms with Crippen molar-refractivity contribution in [2.24, 2.45) is 50.7 Å². The summed E-state index contributed by atoms with van der Waals surface area (Å²) in [6.45, 7) is 17.7. The third-order valence-corrected chi connectivity index (χ3v) is 15.6. The fourth-order valence-corrected chi connectivity index (χ4v) is 13.5. The molecule has 272 valence electrons. The molecule has 1 aromatic carbocycles. The van der Waals surface area contributed by atoms with Crippen LogP contribution in [-0.4, -0.2) is 64.0 Å². The van der Waals surface area contributed by atoms with Crippen LogP contribution in [0.5, 0.6) is 5.75 Å². The number of nitro groups is 1. The first kappa shape index (κ1) is 35.1. The number of benzene rings is 1. The van der Waals surface area contributed by atoms with Crippen LogP contribution in [0.25, 0.3) is 0 Å². The molecular formula is C39H57NO9. The van der Waals surface area contributed by atoms with E-state index < -0.39 is 28.9 Å². The van der Waals surface area contributed by atoms with E-state index >= 15 is 0 Å². The fraction of sp³-hybridized carbons (Fsp3) is 0.821. The maximum absolute atomic E-state index is 13.0. The summed E-state index contributed by atoms with van der Waals surface area (Å²) in [5, 5.41) is 34.6. The number of carbonyl (C=O) groups is 1. The zero-order chi connectivity index (χ0) is 35.5. The van der Waals surface area contributed by atoms with E-state index in [0.29, 0.717) is 24.4 Å². The Labute approximate surface area is 290 Å². The molecule has 5 saturated carbocycles. The van der Waals surface area contributed by atoms with Gasteiger partial charge in [0.2, 0.25) is 0 Å². The minimum Gasteiger partial charge on any atom is -0.430 e. The highest BCUT2D eigenvalue weighted by Crippen LogP contribution is 2.89. The number of aliphatic hydroxyl groups is 2. The van der Waals surface area contributed by atoms with Crippen molar-refractivity contribution in [2.75, 3.05) is 6.61 Å². The van der Waals surface area contributed by atoms with Crippen LogP contribution in [0.1, 0.15) is 107 Å². The van der Waals surface area contributed by atoms with Gasteiger partial charge in [-0.05, 0) is 124 Å². The highest BCUT2D eigenvalue weighted by molar-refractivity contribution is 5.64. The number of carbonyl (C=O) groups excluding carboxylic acids is 1. The average molecular weight is 684 g/mol. The van der Waals surface area contributed by atoms with Gasteiger partial charge in [0.1, 0.15) is 18.0 Å². The summed E-state index contributed by atoms with van der Waals surface area (Å²) < 4.78 is 24.5. The van der Waals surface area contributed by atoms with Crippen LogP contribution in [0, 0.1) is 60.9 Å². The molecule has 0 aromatic heterocycles. The largest absolute Gasteiger partial charge is 0.514 e. The van der Waals surface area contributed by atoms with Crippen molar-refractivity contribution in [1.29, 1.82) is 0 Å². The van der Waals surface area contributed by atoms with Gasteiger partial charge < -0.3 is 29.2 Å². The Morgan fingerprint density at radius 1 is 1.06 bits per heavy atom. The molecule has 6 fully saturated rings. The molecule has 5 aliphatic carbocycles. The molecular weight excluding hydrogens is 626 g/mol. The Balaban J connectivity index is 1.10. The lowest BCUT2D eigenvalue weighted by Crippen LogP contribution is -2.60. The number of non-ortho nitro benzene ring substituents is 1. The molecule has 13 atom stereocenters. The van der Waals surface area contributed by atoms with E-state index in [4.69, 9.17) is 18.9 Å². The average Bonchev–Trinajstić information content (AvgIpc) is 3.65. The van der Waals surface area contributed by atoms with Crippen molar-refractivity contribution >= 4 is 11.8 Å². The van der Waals surface area contributed by atoms with Gasteiger partial charge in [0.05, 0.1) is 28.8 Å². The molecule has 7 rings (SSSR count). The highest BCUT2D eigenvalue weighted by atomic mass is 16.7. The molecule has 2 N–H and O–H groups in total. The van der Waals surface area contributed by atoms with Gasteiger partial charge in [-0.3, -0.25) is 10.1 Å². The van der Waals surface area contributed by atoms with Gasteiger partial charge >= 0.3 is 6.16 Å². The molecule has 2 spiro atoms. The lowest BCUT2D eigenvalue weighted by molar-refractivity contribution is -0.384. The molecule has 1 aliphatic heterocycles. The topological polar surface area (TPSA) is 138 Å². The van der Waals surface area contributed by atoms with Crippen LogP contribution in [0.3, 0.4) is 0 Å². The van der Waals surface area contributed by atoms with Gasteiger partial charge in [-0.1, -0.05) is 34.6 Å². The second-order valence-corrected chi connectivity index (χ2v) is 18.3. The van der Waals surface area contributed by atoms with Crippen molar-refractivity contribution in [2.45, 2.75) is 143 Å². The highest BCUT2D eigenvalue weighted by Gasteiger charge is 2.84. The first-order valence-electron chi connectivity index (χ1n) is 18.7. The summed E-state index contributed by atoms with van der Waals surface area (Å²) >= 11 is 0. The molecule has 1 aromatic rings. The quantitative estimate of drug-likeness (QED) is 0.130. The molecule has 0 radical (unpaired) electrons. The second kappa shape index (κ2) is 11.4. The van der Waals surface area contributed by atoms with Crippen molar-refractivity contribution in [3.63, 3.8) is 0 Å². The maximum Gasteiger partial charge on any atom is 0.514 e. The zero-order valence-electron chi connectivity index (χ0n) is 30.6. The molecule has 49 heavy (non-hydrogen) atoms. The normalized spacial score (nSPS) is 45.4. The number of nitrogens with zero attached hydrogens (tertiary/aromatic N) is 1. The van der Waals surface area contributed by atoms with Gasteiger partial charge in [0, 0.05) is 29.6 Å². The van der Waals surface area contributed by atoms with Crippen LogP contribution < -0.4 is 4.74 Å². The van der Waals surface area contributed by atoms with E-state index in [2.05, 4.69) is 34.6 Å². The van der Waals surface area contributed by atoms with Gasteiger partial charge in [0.15, 0.2) is 0 Å². The molecule has 0 amide bonds. The minimum absolute atomic E-state index is 0.0682. The van der Waals surface area contributed by atoms with Gasteiger partial charge in [-0.25, -0.2) is 4.79 Å². The van der Waals surface area contributed by atoms with Gasteiger partial charge in [0.25, 0.3) is 5.69 Å². The monoisotopic (exact) mass is 683 g/mol. The number of nitro benzene ring substituents is 1. The fourth-order valence-electron chi connectivity index (χ4n) is 13.5. The van der Waals surface area contributed by atoms with Crippen LogP contribution in [0.2, 0.25) is 0 Å². The smallest absolute Gasteiger partial charge is 0.430 e. The Bertz CT molecular complexity index is 1470. The summed E-state index contributed by atoms with van der Waals surface area (Å²) in [6, 6.07) is 5.45. The van der Waals surface area contributed by atoms with Crippen molar-refractivity contribution in [3.8, 4) is 5.75 Å². The number of rotatable bonds is 7. The lowest BCUT2D eigenvalue weighted by Gasteiger charge is -2.63. The Kier molecular flexibility index (Phi) is 8.15. The van der Waals surface area contributed by atoms with Crippen LogP contribution in [0.4, 0.5) is 10.5 Å². The Hall–Kier alpha value is -2.27. The zero-order valence-corrected chi connectivity index (χ0v) is 30.6. The summed E-state index contributed by atoms with van der Waals surface area (Å²) in [7, 11) is 0. The lowest BCUT2D eigenvalue weighted by atomic mass is 9.41. The van der Waals surface area contributed by atoms with E-state index in [-0.39, 0.29) is 62.7 Å². The Morgan fingerprint density at radius 3 is 2.35 bits per heavy atom. The molecule has 10 heteroatoms. The third-order valence-electron chi connectivity index (χ3n) is 15.6. The van der Waals surface area contributed by atoms with Crippen LogP contribution >= 0.6 is 0 Å². The van der Waals surface area contributed by atoms with E-state index in [9.17, 15) is 25.1 Å². The predicted molar refractivity (Wildman–Crippen MR) is 182 cm³/mol. The first-order chi connectivity index (χ1) is 22.9. The molecule has 10 nitrogen and oxygen atoms in total. The van der Waals surface area contributed by atoms with E-state index in [1.165, 1.54) is 24.3 Å². The number of ether oxygens (including phenoxy) is 4. The SMILES string of the molecule is CCO[C@@H]([C@H]1C[C@@H](C)[C@H]2[C@H](O1)[C@H](O)[C@@]1(C)[C@@H]3CC[C@H]4C(C)(C)[C@@H](OC(=O)Oc5ccc([N+](=O)[O-])cc5)CC[C@@]45C[C@@]35CC[C@]21C)C(C)(C)O.